The molecule has 3 nitrogen and oxygen atoms in total. The Hall–Kier alpha value is -0.900. The number of hydrogen-bond acceptors (Lipinski definition) is 3. The van der Waals surface area contributed by atoms with Gasteiger partial charge in [-0.15, -0.1) is 0 Å². The Kier molecular flexibility index (Phi) is 3.05. The predicted molar refractivity (Wildman–Crippen MR) is 58.1 cm³/mol. The van der Waals surface area contributed by atoms with Crippen molar-refractivity contribution in [2.24, 2.45) is 5.92 Å². The molecule has 15 heavy (non-hydrogen) atoms. The van der Waals surface area contributed by atoms with E-state index in [9.17, 15) is 4.39 Å². The van der Waals surface area contributed by atoms with Crippen molar-refractivity contribution in [1.29, 1.82) is 0 Å². The minimum Gasteiger partial charge on any atom is -0.356 e. The zero-order chi connectivity index (χ0) is 10.8. The zero-order valence-corrected chi connectivity index (χ0v) is 9.34. The molecule has 82 valence electrons. The Morgan fingerprint density at radius 2 is 2.40 bits per heavy atom. The lowest BCUT2D eigenvalue weighted by molar-refractivity contribution is 0.384. The highest BCUT2D eigenvalue weighted by atomic mass is 35.5. The van der Waals surface area contributed by atoms with E-state index in [1.807, 2.05) is 0 Å². The molecule has 2 rings (SSSR count). The van der Waals surface area contributed by atoms with E-state index in [1.54, 1.807) is 13.0 Å². The third kappa shape index (κ3) is 2.37. The largest absolute Gasteiger partial charge is 0.356 e. The summed E-state index contributed by atoms with van der Waals surface area (Å²) in [6, 6.07) is 1.73. The van der Waals surface area contributed by atoms with Gasteiger partial charge in [0, 0.05) is 25.1 Å². The fraction of sp³-hybridized carbons (Fsp3) is 0.600. The van der Waals surface area contributed by atoms with E-state index in [4.69, 9.17) is 11.6 Å². The van der Waals surface area contributed by atoms with E-state index < -0.39 is 0 Å². The molecule has 2 heterocycles. The number of aryl methyl sites for hydroxylation is 1. The van der Waals surface area contributed by atoms with Crippen LogP contribution in [0, 0.1) is 12.8 Å². The van der Waals surface area contributed by atoms with E-state index in [2.05, 4.69) is 14.9 Å². The van der Waals surface area contributed by atoms with E-state index >= 15 is 0 Å². The highest BCUT2D eigenvalue weighted by molar-refractivity contribution is 6.29. The first-order valence-electron chi connectivity index (χ1n) is 5.01. The number of nitrogens with zero attached hydrogens (tertiary/aromatic N) is 3. The first kappa shape index (κ1) is 10.6. The van der Waals surface area contributed by atoms with Crippen molar-refractivity contribution in [2.75, 3.05) is 24.7 Å². The maximum absolute atomic E-state index is 12.5. The lowest BCUT2D eigenvalue weighted by Crippen LogP contribution is -2.21. The van der Waals surface area contributed by atoms with Gasteiger partial charge in [-0.3, -0.25) is 4.39 Å². The molecule has 1 aromatic rings. The number of rotatable bonds is 2. The van der Waals surface area contributed by atoms with Crippen LogP contribution in [0.3, 0.4) is 0 Å². The Morgan fingerprint density at radius 1 is 1.60 bits per heavy atom. The smallest absolute Gasteiger partial charge is 0.134 e. The normalized spacial score (nSPS) is 21.0. The summed E-state index contributed by atoms with van der Waals surface area (Å²) in [5.74, 6) is 1.60. The lowest BCUT2D eigenvalue weighted by atomic mass is 10.1. The Morgan fingerprint density at radius 3 is 3.00 bits per heavy atom. The van der Waals surface area contributed by atoms with Crippen molar-refractivity contribution in [2.45, 2.75) is 13.3 Å². The summed E-state index contributed by atoms with van der Waals surface area (Å²) in [5.41, 5.74) is 0. The van der Waals surface area contributed by atoms with Gasteiger partial charge in [0.05, 0.1) is 6.67 Å². The molecule has 0 aromatic carbocycles. The van der Waals surface area contributed by atoms with E-state index in [-0.39, 0.29) is 12.6 Å². The number of aromatic nitrogens is 2. The third-order valence-corrected chi connectivity index (χ3v) is 2.81. The van der Waals surface area contributed by atoms with Gasteiger partial charge in [-0.05, 0) is 13.3 Å². The molecule has 1 saturated heterocycles. The highest BCUT2D eigenvalue weighted by Gasteiger charge is 2.23. The van der Waals surface area contributed by atoms with Crippen LogP contribution in [0.2, 0.25) is 5.15 Å². The van der Waals surface area contributed by atoms with Crippen molar-refractivity contribution in [3.8, 4) is 0 Å². The maximum atomic E-state index is 12.5. The van der Waals surface area contributed by atoms with Crippen LogP contribution in [0.15, 0.2) is 6.07 Å². The molecule has 0 aliphatic carbocycles. The molecule has 0 bridgehead atoms. The highest BCUT2D eigenvalue weighted by Crippen LogP contribution is 2.23. The minimum atomic E-state index is -0.256. The molecule has 0 amide bonds. The van der Waals surface area contributed by atoms with Gasteiger partial charge in [0.25, 0.3) is 0 Å². The molecule has 1 aliphatic heterocycles. The summed E-state index contributed by atoms with van der Waals surface area (Å²) in [4.78, 5) is 10.4. The Labute approximate surface area is 93.3 Å². The van der Waals surface area contributed by atoms with Crippen molar-refractivity contribution >= 4 is 17.4 Å². The Bertz CT molecular complexity index is 338. The van der Waals surface area contributed by atoms with Crippen LogP contribution in [0.5, 0.6) is 0 Å². The van der Waals surface area contributed by atoms with Gasteiger partial charge in [0.2, 0.25) is 0 Å². The molecule has 1 aromatic heterocycles. The van der Waals surface area contributed by atoms with E-state index in [0.717, 1.165) is 25.3 Å². The summed E-state index contributed by atoms with van der Waals surface area (Å²) in [5, 5.41) is 0.446. The van der Waals surface area contributed by atoms with Gasteiger partial charge in [0.15, 0.2) is 0 Å². The molecule has 5 heteroatoms. The first-order chi connectivity index (χ1) is 7.19. The average molecular weight is 230 g/mol. The summed E-state index contributed by atoms with van der Waals surface area (Å²) in [6.45, 7) is 3.12. The molecule has 0 N–H and O–H groups in total. The maximum Gasteiger partial charge on any atom is 0.134 e. The summed E-state index contributed by atoms with van der Waals surface area (Å²) >= 11 is 5.85. The van der Waals surface area contributed by atoms with Crippen molar-refractivity contribution in [3.05, 3.63) is 17.0 Å². The Balaban J connectivity index is 2.16. The van der Waals surface area contributed by atoms with Crippen LogP contribution in [-0.2, 0) is 0 Å². The van der Waals surface area contributed by atoms with Crippen LogP contribution < -0.4 is 4.90 Å². The molecule has 1 unspecified atom stereocenters. The second-order valence-electron chi connectivity index (χ2n) is 3.85. The van der Waals surface area contributed by atoms with Crippen molar-refractivity contribution in [3.63, 3.8) is 0 Å². The van der Waals surface area contributed by atoms with Gasteiger partial charge in [0.1, 0.15) is 16.8 Å². The predicted octanol–water partition coefficient (Wildman–Crippen LogP) is 2.23. The van der Waals surface area contributed by atoms with Crippen LogP contribution in [0.4, 0.5) is 10.2 Å². The van der Waals surface area contributed by atoms with Crippen molar-refractivity contribution < 1.29 is 4.39 Å². The van der Waals surface area contributed by atoms with Crippen molar-refractivity contribution in [1.82, 2.24) is 9.97 Å². The summed E-state index contributed by atoms with van der Waals surface area (Å²) in [6.07, 6.45) is 0.886. The SMILES string of the molecule is Cc1nc(Cl)cc(N2CCC(CF)C2)n1. The van der Waals surface area contributed by atoms with Gasteiger partial charge >= 0.3 is 0 Å². The molecule has 0 radical (unpaired) electrons. The second kappa shape index (κ2) is 4.31. The number of hydrogen-bond donors (Lipinski definition) is 0. The van der Waals surface area contributed by atoms with Crippen LogP contribution in [0.25, 0.3) is 0 Å². The van der Waals surface area contributed by atoms with Gasteiger partial charge < -0.3 is 4.90 Å². The zero-order valence-electron chi connectivity index (χ0n) is 8.58. The van der Waals surface area contributed by atoms with Gasteiger partial charge in [-0.1, -0.05) is 11.6 Å². The van der Waals surface area contributed by atoms with Gasteiger partial charge in [-0.25, -0.2) is 9.97 Å². The topological polar surface area (TPSA) is 29.0 Å². The molecule has 0 spiro atoms. The first-order valence-corrected chi connectivity index (χ1v) is 5.39. The minimum absolute atomic E-state index is 0.138. The van der Waals surface area contributed by atoms with Crippen LogP contribution >= 0.6 is 11.6 Å². The summed E-state index contributed by atoms with van der Waals surface area (Å²) in [7, 11) is 0. The number of alkyl halides is 1. The second-order valence-corrected chi connectivity index (χ2v) is 4.24. The van der Waals surface area contributed by atoms with E-state index in [0.29, 0.717) is 11.0 Å². The van der Waals surface area contributed by atoms with Crippen LogP contribution in [0.1, 0.15) is 12.2 Å². The monoisotopic (exact) mass is 229 g/mol. The van der Waals surface area contributed by atoms with Gasteiger partial charge in [-0.2, -0.15) is 0 Å². The molecule has 0 saturated carbocycles. The lowest BCUT2D eigenvalue weighted by Gasteiger charge is -2.17. The third-order valence-electron chi connectivity index (χ3n) is 2.62. The average Bonchev–Trinajstić information content (AvgIpc) is 2.64. The quantitative estimate of drug-likeness (QED) is 0.729. The van der Waals surface area contributed by atoms with E-state index in [1.165, 1.54) is 0 Å². The molecular formula is C10H13ClFN3. The molecule has 1 fully saturated rings. The molecule has 1 atom stereocenters. The molecular weight excluding hydrogens is 217 g/mol. The standard InChI is InChI=1S/C10H13ClFN3/c1-7-13-9(11)4-10(14-7)15-3-2-8(5-12)6-15/h4,8H,2-3,5-6H2,1H3. The fourth-order valence-corrected chi connectivity index (χ4v) is 2.07. The fourth-order valence-electron chi connectivity index (χ4n) is 1.85. The molecule has 1 aliphatic rings. The number of halogens is 2. The number of anilines is 1. The van der Waals surface area contributed by atoms with Crippen LogP contribution in [-0.4, -0.2) is 29.7 Å². The summed E-state index contributed by atoms with van der Waals surface area (Å²) < 4.78 is 12.5.